The van der Waals surface area contributed by atoms with E-state index in [9.17, 15) is 4.79 Å². The van der Waals surface area contributed by atoms with Gasteiger partial charge in [0.2, 0.25) is 0 Å². The summed E-state index contributed by atoms with van der Waals surface area (Å²) in [5.41, 5.74) is 0. The number of ether oxygens (including phenoxy) is 1. The van der Waals surface area contributed by atoms with Crippen molar-refractivity contribution in [2.75, 3.05) is 6.61 Å². The fourth-order valence-corrected chi connectivity index (χ4v) is 0.720. The Kier molecular flexibility index (Phi) is 5.47. The molecule has 0 rings (SSSR count). The number of carboxylic acids is 1. The molecule has 0 amide bonds. The normalized spacial score (nSPS) is 12.5. The van der Waals surface area contributed by atoms with E-state index in [0.717, 1.165) is 6.42 Å². The first kappa shape index (κ1) is 10.2. The van der Waals surface area contributed by atoms with Crippen LogP contribution >= 0.6 is 0 Å². The fraction of sp³-hybridized carbons (Fsp3) is 0.625. The van der Waals surface area contributed by atoms with Crippen molar-refractivity contribution in [3.05, 3.63) is 12.7 Å². The lowest BCUT2D eigenvalue weighted by Gasteiger charge is -2.11. The van der Waals surface area contributed by atoms with Crippen LogP contribution in [-0.4, -0.2) is 23.8 Å². The van der Waals surface area contributed by atoms with Crippen molar-refractivity contribution < 1.29 is 14.6 Å². The zero-order chi connectivity index (χ0) is 8.69. The number of hydrogen-bond donors (Lipinski definition) is 1. The van der Waals surface area contributed by atoms with E-state index in [1.165, 1.54) is 0 Å². The smallest absolute Gasteiger partial charge is 0.305 e. The Balaban J connectivity index is 3.57. The molecule has 0 aromatic heterocycles. The SMILES string of the molecule is C=CCOC(CC)CC(=O)O. The molecule has 3 nitrogen and oxygen atoms in total. The van der Waals surface area contributed by atoms with Crippen molar-refractivity contribution in [2.45, 2.75) is 25.9 Å². The molecule has 3 heteroatoms. The van der Waals surface area contributed by atoms with Crippen LogP contribution in [0.5, 0.6) is 0 Å². The van der Waals surface area contributed by atoms with Gasteiger partial charge in [0.25, 0.3) is 0 Å². The predicted octanol–water partition coefficient (Wildman–Crippen LogP) is 1.44. The van der Waals surface area contributed by atoms with Gasteiger partial charge >= 0.3 is 5.97 Å². The lowest BCUT2D eigenvalue weighted by molar-refractivity contribution is -0.140. The Morgan fingerprint density at radius 1 is 1.82 bits per heavy atom. The number of carboxylic acid groups (broad SMARTS) is 1. The minimum atomic E-state index is -0.819. The van der Waals surface area contributed by atoms with Gasteiger partial charge in [0.15, 0.2) is 0 Å². The van der Waals surface area contributed by atoms with E-state index in [2.05, 4.69) is 6.58 Å². The minimum absolute atomic E-state index is 0.0737. The summed E-state index contributed by atoms with van der Waals surface area (Å²) >= 11 is 0. The highest BCUT2D eigenvalue weighted by atomic mass is 16.5. The molecule has 0 saturated heterocycles. The molecule has 0 saturated carbocycles. The molecule has 0 aromatic carbocycles. The first-order valence-corrected chi connectivity index (χ1v) is 3.65. The van der Waals surface area contributed by atoms with E-state index >= 15 is 0 Å². The highest BCUT2D eigenvalue weighted by molar-refractivity contribution is 5.67. The van der Waals surface area contributed by atoms with E-state index in [0.29, 0.717) is 6.61 Å². The van der Waals surface area contributed by atoms with Crippen LogP contribution in [0, 0.1) is 0 Å². The Bertz CT molecular complexity index is 131. The molecule has 0 fully saturated rings. The average molecular weight is 158 g/mol. The van der Waals surface area contributed by atoms with Crippen molar-refractivity contribution in [3.63, 3.8) is 0 Å². The van der Waals surface area contributed by atoms with E-state index in [1.807, 2.05) is 6.92 Å². The lowest BCUT2D eigenvalue weighted by atomic mass is 10.2. The van der Waals surface area contributed by atoms with Crippen molar-refractivity contribution in [2.24, 2.45) is 0 Å². The largest absolute Gasteiger partial charge is 0.481 e. The molecule has 0 radical (unpaired) electrons. The lowest BCUT2D eigenvalue weighted by Crippen LogP contribution is -2.16. The number of aliphatic carboxylic acids is 1. The second-order valence-corrected chi connectivity index (χ2v) is 2.25. The minimum Gasteiger partial charge on any atom is -0.481 e. The predicted molar refractivity (Wildman–Crippen MR) is 42.5 cm³/mol. The van der Waals surface area contributed by atoms with Crippen LogP contribution in [0.2, 0.25) is 0 Å². The van der Waals surface area contributed by atoms with E-state index in [4.69, 9.17) is 9.84 Å². The first-order valence-electron chi connectivity index (χ1n) is 3.65. The van der Waals surface area contributed by atoms with Gasteiger partial charge in [0.05, 0.1) is 19.1 Å². The number of rotatable bonds is 6. The molecule has 1 N–H and O–H groups in total. The second kappa shape index (κ2) is 5.92. The topological polar surface area (TPSA) is 46.5 Å². The molecule has 11 heavy (non-hydrogen) atoms. The highest BCUT2D eigenvalue weighted by Crippen LogP contribution is 2.02. The summed E-state index contributed by atoms with van der Waals surface area (Å²) in [5, 5.41) is 8.41. The van der Waals surface area contributed by atoms with Gasteiger partial charge in [-0.15, -0.1) is 6.58 Å². The quantitative estimate of drug-likeness (QED) is 0.595. The molecule has 0 bridgehead atoms. The summed E-state index contributed by atoms with van der Waals surface area (Å²) in [4.78, 5) is 10.2. The van der Waals surface area contributed by atoms with Crippen LogP contribution in [0.25, 0.3) is 0 Å². The third-order valence-electron chi connectivity index (χ3n) is 1.31. The van der Waals surface area contributed by atoms with Crippen LogP contribution in [0.3, 0.4) is 0 Å². The maximum atomic E-state index is 10.2. The van der Waals surface area contributed by atoms with Gasteiger partial charge in [-0.05, 0) is 6.42 Å². The molecule has 0 heterocycles. The Morgan fingerprint density at radius 2 is 2.45 bits per heavy atom. The van der Waals surface area contributed by atoms with E-state index in [-0.39, 0.29) is 12.5 Å². The average Bonchev–Trinajstić information content (AvgIpc) is 1.97. The standard InChI is InChI=1S/C8H14O3/c1-3-5-11-7(4-2)6-8(9)10/h3,7H,1,4-6H2,2H3,(H,9,10). The molecule has 0 aliphatic heterocycles. The van der Waals surface area contributed by atoms with Crippen LogP contribution in [0.4, 0.5) is 0 Å². The Labute approximate surface area is 66.7 Å². The van der Waals surface area contributed by atoms with Gasteiger partial charge in [0.1, 0.15) is 0 Å². The fourth-order valence-electron chi connectivity index (χ4n) is 0.720. The molecule has 0 aliphatic rings. The first-order chi connectivity index (χ1) is 5.20. The molecular formula is C8H14O3. The molecule has 0 spiro atoms. The summed E-state index contributed by atoms with van der Waals surface area (Å²) in [5.74, 6) is -0.819. The molecule has 64 valence electrons. The summed E-state index contributed by atoms with van der Waals surface area (Å²) in [6.07, 6.45) is 2.24. The van der Waals surface area contributed by atoms with Crippen molar-refractivity contribution in [3.8, 4) is 0 Å². The molecule has 0 aliphatic carbocycles. The summed E-state index contributed by atoms with van der Waals surface area (Å²) in [6.45, 7) is 5.80. The molecular weight excluding hydrogens is 144 g/mol. The molecule has 1 atom stereocenters. The van der Waals surface area contributed by atoms with Gasteiger partial charge < -0.3 is 9.84 Å². The van der Waals surface area contributed by atoms with Crippen LogP contribution in [0.1, 0.15) is 19.8 Å². The van der Waals surface area contributed by atoms with Gasteiger partial charge in [-0.25, -0.2) is 0 Å². The third-order valence-corrected chi connectivity index (χ3v) is 1.31. The van der Waals surface area contributed by atoms with E-state index in [1.54, 1.807) is 6.08 Å². The van der Waals surface area contributed by atoms with Gasteiger partial charge in [-0.1, -0.05) is 13.0 Å². The summed E-state index contributed by atoms with van der Waals surface area (Å²) in [7, 11) is 0. The van der Waals surface area contributed by atoms with Crippen LogP contribution in [0.15, 0.2) is 12.7 Å². The Hall–Kier alpha value is -0.830. The maximum absolute atomic E-state index is 10.2. The van der Waals surface area contributed by atoms with Crippen LogP contribution < -0.4 is 0 Å². The maximum Gasteiger partial charge on any atom is 0.305 e. The van der Waals surface area contributed by atoms with Gasteiger partial charge in [-0.3, -0.25) is 4.79 Å². The second-order valence-electron chi connectivity index (χ2n) is 2.25. The van der Waals surface area contributed by atoms with E-state index < -0.39 is 5.97 Å². The van der Waals surface area contributed by atoms with Crippen molar-refractivity contribution >= 4 is 5.97 Å². The van der Waals surface area contributed by atoms with Crippen molar-refractivity contribution in [1.82, 2.24) is 0 Å². The number of carbonyl (C=O) groups is 1. The Morgan fingerprint density at radius 3 is 2.82 bits per heavy atom. The zero-order valence-electron chi connectivity index (χ0n) is 6.75. The van der Waals surface area contributed by atoms with Crippen LogP contribution in [-0.2, 0) is 9.53 Å². The zero-order valence-corrected chi connectivity index (χ0v) is 6.75. The monoisotopic (exact) mass is 158 g/mol. The highest BCUT2D eigenvalue weighted by Gasteiger charge is 2.09. The third kappa shape index (κ3) is 5.61. The van der Waals surface area contributed by atoms with Gasteiger partial charge in [0, 0.05) is 0 Å². The van der Waals surface area contributed by atoms with Gasteiger partial charge in [-0.2, -0.15) is 0 Å². The molecule has 0 aromatic rings. The van der Waals surface area contributed by atoms with Crippen molar-refractivity contribution in [1.29, 1.82) is 0 Å². The number of hydrogen-bond acceptors (Lipinski definition) is 2. The summed E-state index contributed by atoms with van der Waals surface area (Å²) in [6, 6.07) is 0. The summed E-state index contributed by atoms with van der Waals surface area (Å²) < 4.78 is 5.15. The molecule has 1 unspecified atom stereocenters.